The third-order valence-corrected chi connectivity index (χ3v) is 2.77. The lowest BCUT2D eigenvalue weighted by atomic mass is 10.3. The van der Waals surface area contributed by atoms with E-state index in [1.165, 1.54) is 25.7 Å². The molecule has 1 fully saturated rings. The van der Waals surface area contributed by atoms with Crippen molar-refractivity contribution in [3.63, 3.8) is 0 Å². The fourth-order valence-electron chi connectivity index (χ4n) is 1.98. The summed E-state index contributed by atoms with van der Waals surface area (Å²) in [4.78, 5) is 7.76. The second-order valence-electron chi connectivity index (χ2n) is 4.28. The molecule has 0 spiro atoms. The lowest BCUT2D eigenvalue weighted by molar-refractivity contribution is -0.815. The second-order valence-corrected chi connectivity index (χ2v) is 4.28. The summed E-state index contributed by atoms with van der Waals surface area (Å²) >= 11 is 0. The van der Waals surface area contributed by atoms with Crippen LogP contribution in [0.5, 0.6) is 0 Å². The monoisotopic (exact) mass is 195 g/mol. The largest absolute Gasteiger partial charge is 0.365 e. The van der Waals surface area contributed by atoms with Crippen LogP contribution in [0.3, 0.4) is 0 Å². The van der Waals surface area contributed by atoms with Crippen LogP contribution in [0.2, 0.25) is 0 Å². The van der Waals surface area contributed by atoms with E-state index in [0.717, 1.165) is 0 Å². The van der Waals surface area contributed by atoms with Gasteiger partial charge < -0.3 is 4.84 Å². The highest BCUT2D eigenvalue weighted by molar-refractivity contribution is 4.72. The van der Waals surface area contributed by atoms with Gasteiger partial charge in [0.1, 0.15) is 12.3 Å². The Hall–Kier alpha value is -0.990. The van der Waals surface area contributed by atoms with Crippen molar-refractivity contribution in [3.05, 3.63) is 18.5 Å². The molecule has 0 amide bonds. The fourth-order valence-corrected chi connectivity index (χ4v) is 1.98. The van der Waals surface area contributed by atoms with Crippen LogP contribution in [0, 0.1) is 0 Å². The summed E-state index contributed by atoms with van der Waals surface area (Å²) in [6.45, 7) is 4.32. The predicted molar refractivity (Wildman–Crippen MR) is 53.8 cm³/mol. The summed E-state index contributed by atoms with van der Waals surface area (Å²) in [5, 5.41) is 0. The van der Waals surface area contributed by atoms with Gasteiger partial charge in [0.25, 0.3) is 0 Å². The van der Waals surface area contributed by atoms with E-state index in [1.54, 1.807) is 0 Å². The maximum Gasteiger partial charge on any atom is 0.199 e. The van der Waals surface area contributed by atoms with Crippen molar-refractivity contribution in [2.45, 2.75) is 51.7 Å². The Bertz CT molecular complexity index is 287. The van der Waals surface area contributed by atoms with E-state index in [-0.39, 0.29) is 0 Å². The molecular formula is C11H19N2O+. The molecule has 0 aliphatic heterocycles. The van der Waals surface area contributed by atoms with Gasteiger partial charge in [-0.3, -0.25) is 0 Å². The van der Waals surface area contributed by atoms with E-state index in [2.05, 4.69) is 24.7 Å². The third-order valence-electron chi connectivity index (χ3n) is 2.77. The number of hydrogen-bond donors (Lipinski definition) is 0. The van der Waals surface area contributed by atoms with Crippen LogP contribution in [-0.4, -0.2) is 10.9 Å². The van der Waals surface area contributed by atoms with Gasteiger partial charge in [-0.05, 0) is 39.5 Å². The zero-order valence-corrected chi connectivity index (χ0v) is 9.02. The van der Waals surface area contributed by atoms with Gasteiger partial charge in [-0.2, -0.15) is 0 Å². The highest BCUT2D eigenvalue weighted by Gasteiger charge is 2.21. The van der Waals surface area contributed by atoms with Gasteiger partial charge in [0, 0.05) is 10.9 Å². The summed E-state index contributed by atoms with van der Waals surface area (Å²) in [5.74, 6) is 0. The van der Waals surface area contributed by atoms with Gasteiger partial charge >= 0.3 is 0 Å². The van der Waals surface area contributed by atoms with Crippen molar-refractivity contribution in [2.24, 2.45) is 0 Å². The van der Waals surface area contributed by atoms with Gasteiger partial charge in [0.05, 0.1) is 0 Å². The minimum Gasteiger partial charge on any atom is -0.365 e. The summed E-state index contributed by atoms with van der Waals surface area (Å²) in [6.07, 6.45) is 9.50. The van der Waals surface area contributed by atoms with Crippen LogP contribution >= 0.6 is 0 Å². The normalized spacial score (nSPS) is 17.9. The van der Waals surface area contributed by atoms with Gasteiger partial charge in [-0.1, -0.05) is 4.68 Å². The van der Waals surface area contributed by atoms with Crippen molar-refractivity contribution in [2.75, 3.05) is 0 Å². The van der Waals surface area contributed by atoms with E-state index in [1.807, 2.05) is 17.1 Å². The molecular weight excluding hydrogens is 176 g/mol. The highest BCUT2D eigenvalue weighted by atomic mass is 16.7. The highest BCUT2D eigenvalue weighted by Crippen LogP contribution is 2.18. The van der Waals surface area contributed by atoms with E-state index in [0.29, 0.717) is 12.1 Å². The molecule has 2 rings (SSSR count). The molecule has 0 atom stereocenters. The molecule has 1 aromatic heterocycles. The minimum absolute atomic E-state index is 0.424. The van der Waals surface area contributed by atoms with Crippen molar-refractivity contribution < 1.29 is 9.52 Å². The summed E-state index contributed by atoms with van der Waals surface area (Å²) in [6, 6.07) is 2.47. The molecule has 3 nitrogen and oxygen atoms in total. The van der Waals surface area contributed by atoms with Crippen LogP contribution in [0.15, 0.2) is 18.5 Å². The standard InChI is InChI=1S/C11H19N2O/c1-10(2)12-8-5-9-13(12)14-11-6-3-4-7-11/h5,8-11H,3-4,6-7H2,1-2H3/q+1. The zero-order valence-electron chi connectivity index (χ0n) is 9.02. The van der Waals surface area contributed by atoms with Crippen molar-refractivity contribution in [3.8, 4) is 0 Å². The Labute approximate surface area is 85.2 Å². The number of rotatable bonds is 3. The molecule has 1 aromatic rings. The fraction of sp³-hybridized carbons (Fsp3) is 0.727. The summed E-state index contributed by atoms with van der Waals surface area (Å²) in [7, 11) is 0. The quantitative estimate of drug-likeness (QED) is 0.672. The van der Waals surface area contributed by atoms with Gasteiger partial charge in [0.2, 0.25) is 0 Å². The second kappa shape index (κ2) is 4.03. The molecule has 3 heteroatoms. The Morgan fingerprint density at radius 1 is 1.36 bits per heavy atom. The lowest BCUT2D eigenvalue weighted by Gasteiger charge is -2.11. The van der Waals surface area contributed by atoms with Crippen LogP contribution in [-0.2, 0) is 0 Å². The van der Waals surface area contributed by atoms with Gasteiger partial charge in [-0.25, -0.2) is 0 Å². The van der Waals surface area contributed by atoms with E-state index in [9.17, 15) is 0 Å². The Balaban J connectivity index is 2.04. The summed E-state index contributed by atoms with van der Waals surface area (Å²) < 4.78 is 2.11. The first-order valence-corrected chi connectivity index (χ1v) is 5.53. The predicted octanol–water partition coefficient (Wildman–Crippen LogP) is 1.73. The number of hydrogen-bond acceptors (Lipinski definition) is 1. The molecule has 0 saturated heterocycles. The molecule has 78 valence electrons. The molecule has 1 heterocycles. The first-order chi connectivity index (χ1) is 6.77. The molecule has 0 radical (unpaired) electrons. The topological polar surface area (TPSA) is 18.0 Å². The summed E-state index contributed by atoms with van der Waals surface area (Å²) in [5.41, 5.74) is 0. The molecule has 0 N–H and O–H groups in total. The zero-order chi connectivity index (χ0) is 9.97. The number of aromatic nitrogens is 2. The van der Waals surface area contributed by atoms with Crippen LogP contribution in [0.25, 0.3) is 0 Å². The van der Waals surface area contributed by atoms with Crippen molar-refractivity contribution >= 4 is 0 Å². The van der Waals surface area contributed by atoms with E-state index in [4.69, 9.17) is 4.84 Å². The Kier molecular flexibility index (Phi) is 2.75. The van der Waals surface area contributed by atoms with E-state index >= 15 is 0 Å². The molecule has 1 aliphatic rings. The van der Waals surface area contributed by atoms with Gasteiger partial charge in [-0.15, -0.1) is 0 Å². The molecule has 0 aromatic carbocycles. The Morgan fingerprint density at radius 2 is 2.07 bits per heavy atom. The maximum absolute atomic E-state index is 5.89. The Morgan fingerprint density at radius 3 is 2.71 bits per heavy atom. The van der Waals surface area contributed by atoms with Gasteiger partial charge in [0.15, 0.2) is 12.2 Å². The van der Waals surface area contributed by atoms with E-state index < -0.39 is 0 Å². The maximum atomic E-state index is 5.89. The average Bonchev–Trinajstić information content (AvgIpc) is 2.75. The molecule has 1 aliphatic carbocycles. The SMILES string of the molecule is CC(C)[n+]1cccn1OC1CCCC1. The first kappa shape index (κ1) is 9.56. The molecule has 1 saturated carbocycles. The average molecular weight is 195 g/mol. The number of nitrogens with zero attached hydrogens (tertiary/aromatic N) is 2. The lowest BCUT2D eigenvalue weighted by Crippen LogP contribution is -2.48. The van der Waals surface area contributed by atoms with Crippen LogP contribution < -0.4 is 9.52 Å². The first-order valence-electron chi connectivity index (χ1n) is 5.53. The van der Waals surface area contributed by atoms with Crippen molar-refractivity contribution in [1.29, 1.82) is 0 Å². The molecule has 14 heavy (non-hydrogen) atoms. The smallest absolute Gasteiger partial charge is 0.199 e. The van der Waals surface area contributed by atoms with Crippen LogP contribution in [0.1, 0.15) is 45.6 Å². The minimum atomic E-state index is 0.424. The van der Waals surface area contributed by atoms with Crippen molar-refractivity contribution in [1.82, 2.24) is 4.85 Å². The molecule has 0 bridgehead atoms. The third kappa shape index (κ3) is 1.91. The van der Waals surface area contributed by atoms with Crippen LogP contribution in [0.4, 0.5) is 0 Å². The molecule has 0 unspecified atom stereocenters.